The maximum absolute atomic E-state index is 12.3. The molecule has 0 atom stereocenters. The van der Waals surface area contributed by atoms with Crippen LogP contribution in [0.25, 0.3) is 0 Å². The number of esters is 2. The molecule has 25 heavy (non-hydrogen) atoms. The second kappa shape index (κ2) is 12.8. The molecule has 0 rings (SSSR count). The molecule has 0 aliphatic heterocycles. The van der Waals surface area contributed by atoms with Gasteiger partial charge in [0, 0.05) is 24.2 Å². The Balaban J connectivity index is 5.18. The van der Waals surface area contributed by atoms with Gasteiger partial charge in [-0.25, -0.2) is 9.59 Å². The van der Waals surface area contributed by atoms with Crippen LogP contribution >= 0.6 is 0 Å². The maximum atomic E-state index is 12.3. The number of nitrogens with zero attached hydrogens (tertiary/aromatic N) is 2. The van der Waals surface area contributed by atoms with E-state index < -0.39 is 11.9 Å². The van der Waals surface area contributed by atoms with E-state index in [1.165, 1.54) is 6.92 Å². The molecular weight excluding hydrogens is 316 g/mol. The van der Waals surface area contributed by atoms with Gasteiger partial charge in [-0.15, -0.1) is 0 Å². The predicted octanol–water partition coefficient (Wildman–Crippen LogP) is 3.41. The molecule has 0 aromatic heterocycles. The largest absolute Gasteiger partial charge is 0.386 e. The van der Waals surface area contributed by atoms with Crippen molar-refractivity contribution in [3.05, 3.63) is 23.3 Å². The molecule has 5 heteroatoms. The van der Waals surface area contributed by atoms with Gasteiger partial charge < -0.3 is 14.5 Å². The molecule has 0 heterocycles. The molecule has 0 saturated carbocycles. The van der Waals surface area contributed by atoms with Crippen molar-refractivity contribution >= 4 is 11.9 Å². The van der Waals surface area contributed by atoms with E-state index in [-0.39, 0.29) is 5.57 Å². The summed E-state index contributed by atoms with van der Waals surface area (Å²) in [5.74, 6) is -1.21. The molecule has 0 spiro atoms. The van der Waals surface area contributed by atoms with Crippen molar-refractivity contribution in [2.75, 3.05) is 39.3 Å². The normalized spacial score (nSPS) is 10.9. The van der Waals surface area contributed by atoms with Crippen molar-refractivity contribution < 1.29 is 14.3 Å². The highest BCUT2D eigenvalue weighted by molar-refractivity contribution is 6.01. The Morgan fingerprint density at radius 1 is 0.800 bits per heavy atom. The summed E-state index contributed by atoms with van der Waals surface area (Å²) in [6.07, 6.45) is 1.62. The Bertz CT molecular complexity index is 457. The molecule has 0 saturated heterocycles. The summed E-state index contributed by atoms with van der Waals surface area (Å²) in [6, 6.07) is 0. The summed E-state index contributed by atoms with van der Waals surface area (Å²) in [5.41, 5.74) is 1.85. The van der Waals surface area contributed by atoms with Gasteiger partial charge in [0.2, 0.25) is 0 Å². The third kappa shape index (κ3) is 8.98. The summed E-state index contributed by atoms with van der Waals surface area (Å²) < 4.78 is 4.91. The lowest BCUT2D eigenvalue weighted by Gasteiger charge is -2.22. The molecule has 0 fully saturated rings. The first-order valence-electron chi connectivity index (χ1n) is 9.35. The van der Waals surface area contributed by atoms with Gasteiger partial charge in [-0.3, -0.25) is 0 Å². The zero-order valence-electron chi connectivity index (χ0n) is 17.0. The van der Waals surface area contributed by atoms with E-state index in [4.69, 9.17) is 4.74 Å². The predicted molar refractivity (Wildman–Crippen MR) is 103 cm³/mol. The lowest BCUT2D eigenvalue weighted by molar-refractivity contribution is -0.154. The fourth-order valence-electron chi connectivity index (χ4n) is 2.56. The van der Waals surface area contributed by atoms with Crippen LogP contribution in [-0.2, 0) is 14.3 Å². The maximum Gasteiger partial charge on any atom is 0.341 e. The van der Waals surface area contributed by atoms with E-state index in [1.807, 2.05) is 0 Å². The van der Waals surface area contributed by atoms with Crippen LogP contribution in [-0.4, -0.2) is 61.0 Å². The smallest absolute Gasteiger partial charge is 0.341 e. The Labute approximate surface area is 153 Å². The Morgan fingerprint density at radius 3 is 1.52 bits per heavy atom. The summed E-state index contributed by atoms with van der Waals surface area (Å²) in [4.78, 5) is 28.6. The lowest BCUT2D eigenvalue weighted by atomic mass is 10.0. The zero-order valence-corrected chi connectivity index (χ0v) is 17.0. The van der Waals surface area contributed by atoms with E-state index in [9.17, 15) is 9.59 Å². The highest BCUT2D eigenvalue weighted by atomic mass is 16.6. The van der Waals surface area contributed by atoms with Crippen LogP contribution in [0.4, 0.5) is 0 Å². The minimum Gasteiger partial charge on any atom is -0.386 e. The first-order chi connectivity index (χ1) is 11.8. The van der Waals surface area contributed by atoms with E-state index in [0.29, 0.717) is 5.57 Å². The van der Waals surface area contributed by atoms with Crippen LogP contribution in [0, 0.1) is 0 Å². The van der Waals surface area contributed by atoms with Crippen molar-refractivity contribution in [1.29, 1.82) is 0 Å². The van der Waals surface area contributed by atoms with Crippen molar-refractivity contribution in [3.8, 4) is 0 Å². The third-order valence-electron chi connectivity index (χ3n) is 4.62. The number of carbonyl (C=O) groups excluding carboxylic acids is 2. The van der Waals surface area contributed by atoms with Crippen LogP contribution in [0.5, 0.6) is 0 Å². The van der Waals surface area contributed by atoms with E-state index in [1.54, 1.807) is 6.92 Å². The molecule has 0 radical (unpaired) electrons. The summed E-state index contributed by atoms with van der Waals surface area (Å²) in [7, 11) is 0. The van der Waals surface area contributed by atoms with Gasteiger partial charge in [-0.05, 0) is 52.9 Å². The summed E-state index contributed by atoms with van der Waals surface area (Å²) in [6.45, 7) is 21.1. The molecule has 0 unspecified atom stereocenters. The monoisotopic (exact) mass is 352 g/mol. The minimum atomic E-state index is -0.656. The number of hydrogen-bond acceptors (Lipinski definition) is 5. The quantitative estimate of drug-likeness (QED) is 0.306. The standard InChI is InChI=1S/C20H36N2O3/c1-8-21(9-2)14-12-18(13-15-22(10-3)11-4)17(7)20(24)25-19(23)16(5)6/h5,8-15H2,1-4,6-7H3. The van der Waals surface area contributed by atoms with Crippen LogP contribution in [0.15, 0.2) is 23.3 Å². The van der Waals surface area contributed by atoms with Gasteiger partial charge in [-0.2, -0.15) is 0 Å². The Hall–Kier alpha value is -1.46. The van der Waals surface area contributed by atoms with Gasteiger partial charge in [0.15, 0.2) is 0 Å². The number of carbonyl (C=O) groups is 2. The van der Waals surface area contributed by atoms with Crippen molar-refractivity contribution in [1.82, 2.24) is 9.80 Å². The number of ether oxygens (including phenoxy) is 1. The Kier molecular flexibility index (Phi) is 12.1. The first kappa shape index (κ1) is 23.5. The van der Waals surface area contributed by atoms with Gasteiger partial charge in [0.25, 0.3) is 0 Å². The highest BCUT2D eigenvalue weighted by Gasteiger charge is 2.17. The van der Waals surface area contributed by atoms with Crippen LogP contribution in [0.3, 0.4) is 0 Å². The molecular formula is C20H36N2O3. The van der Waals surface area contributed by atoms with Gasteiger partial charge in [-0.1, -0.05) is 39.8 Å². The molecule has 144 valence electrons. The average molecular weight is 353 g/mol. The lowest BCUT2D eigenvalue weighted by Crippen LogP contribution is -2.27. The van der Waals surface area contributed by atoms with Gasteiger partial charge >= 0.3 is 11.9 Å². The number of hydrogen-bond donors (Lipinski definition) is 0. The molecule has 0 aromatic carbocycles. The Morgan fingerprint density at radius 2 is 1.20 bits per heavy atom. The van der Waals surface area contributed by atoms with E-state index >= 15 is 0 Å². The second-order valence-corrected chi connectivity index (χ2v) is 6.24. The van der Waals surface area contributed by atoms with Crippen molar-refractivity contribution in [2.45, 2.75) is 54.4 Å². The van der Waals surface area contributed by atoms with Gasteiger partial charge in [0.05, 0.1) is 0 Å². The van der Waals surface area contributed by atoms with Gasteiger partial charge in [0.1, 0.15) is 0 Å². The highest BCUT2D eigenvalue weighted by Crippen LogP contribution is 2.17. The fourth-order valence-corrected chi connectivity index (χ4v) is 2.56. The summed E-state index contributed by atoms with van der Waals surface area (Å²) >= 11 is 0. The molecule has 0 amide bonds. The third-order valence-corrected chi connectivity index (χ3v) is 4.62. The SMILES string of the molecule is C=C(C)C(=O)OC(=O)C(C)=C(CCN(CC)CC)CCN(CC)CC. The molecule has 0 aliphatic rings. The van der Waals surface area contributed by atoms with Crippen molar-refractivity contribution in [2.24, 2.45) is 0 Å². The topological polar surface area (TPSA) is 49.9 Å². The van der Waals surface area contributed by atoms with E-state index in [2.05, 4.69) is 44.1 Å². The molecule has 0 N–H and O–H groups in total. The fraction of sp³-hybridized carbons (Fsp3) is 0.700. The van der Waals surface area contributed by atoms with Crippen LogP contribution in [0.2, 0.25) is 0 Å². The molecule has 0 bridgehead atoms. The minimum absolute atomic E-state index is 0.231. The van der Waals surface area contributed by atoms with Crippen LogP contribution in [0.1, 0.15) is 54.4 Å². The van der Waals surface area contributed by atoms with Crippen molar-refractivity contribution in [3.63, 3.8) is 0 Å². The molecule has 0 aromatic rings. The molecule has 0 aliphatic carbocycles. The first-order valence-corrected chi connectivity index (χ1v) is 9.35. The second-order valence-electron chi connectivity index (χ2n) is 6.24. The summed E-state index contributed by atoms with van der Waals surface area (Å²) in [5, 5.41) is 0. The zero-order chi connectivity index (χ0) is 19.4. The van der Waals surface area contributed by atoms with E-state index in [0.717, 1.165) is 57.7 Å². The van der Waals surface area contributed by atoms with Crippen LogP contribution < -0.4 is 0 Å². The number of rotatable bonds is 12. The molecule has 5 nitrogen and oxygen atoms in total. The average Bonchev–Trinajstić information content (AvgIpc) is 2.60.